The highest BCUT2D eigenvalue weighted by atomic mass is 32.2. The number of aromatic nitrogens is 1. The van der Waals surface area contributed by atoms with E-state index in [9.17, 15) is 18.0 Å². The Morgan fingerprint density at radius 1 is 1.14 bits per heavy atom. The van der Waals surface area contributed by atoms with Gasteiger partial charge in [0, 0.05) is 31.4 Å². The van der Waals surface area contributed by atoms with Crippen molar-refractivity contribution in [2.24, 2.45) is 0 Å². The maximum Gasteiger partial charge on any atom is 0.261 e. The number of carbonyl (C=O) groups excluding carboxylic acids is 1. The fourth-order valence-corrected chi connectivity index (χ4v) is 4.94. The smallest absolute Gasteiger partial charge is 0.261 e. The largest absolute Gasteiger partial charge is 0.338 e. The van der Waals surface area contributed by atoms with E-state index in [1.807, 2.05) is 37.3 Å². The van der Waals surface area contributed by atoms with Gasteiger partial charge in [0.1, 0.15) is 5.56 Å². The van der Waals surface area contributed by atoms with Gasteiger partial charge < -0.3 is 9.88 Å². The molecule has 1 fully saturated rings. The second-order valence-electron chi connectivity index (χ2n) is 6.97. The van der Waals surface area contributed by atoms with Crippen LogP contribution in [0.2, 0.25) is 0 Å². The highest BCUT2D eigenvalue weighted by Crippen LogP contribution is 2.20. The zero-order chi connectivity index (χ0) is 20.3. The van der Waals surface area contributed by atoms with Crippen LogP contribution in [0.15, 0.2) is 47.3 Å². The molecule has 1 N–H and O–H groups in total. The number of rotatable bonds is 5. The molecule has 2 aromatic rings. The first-order chi connectivity index (χ1) is 13.3. The van der Waals surface area contributed by atoms with E-state index in [1.165, 1.54) is 10.6 Å². The molecule has 3 rings (SSSR count). The molecular formula is C20H25N3O4S. The molecule has 1 amide bonds. The Balaban J connectivity index is 1.71. The highest BCUT2D eigenvalue weighted by molar-refractivity contribution is 7.88. The fourth-order valence-electron chi connectivity index (χ4n) is 3.72. The fraction of sp³-hybridized carbons (Fsp3) is 0.400. The van der Waals surface area contributed by atoms with Crippen molar-refractivity contribution in [3.63, 3.8) is 0 Å². The van der Waals surface area contributed by atoms with Gasteiger partial charge in [-0.05, 0) is 30.5 Å². The van der Waals surface area contributed by atoms with Gasteiger partial charge in [-0.25, -0.2) is 8.42 Å². The van der Waals surface area contributed by atoms with Crippen LogP contribution >= 0.6 is 0 Å². The molecule has 7 nitrogen and oxygen atoms in total. The second kappa shape index (κ2) is 8.28. The van der Waals surface area contributed by atoms with E-state index in [1.54, 1.807) is 17.0 Å². The number of likely N-dealkylation sites (tertiary alicyclic amines) is 1. The molecule has 0 atom stereocenters. The molecule has 150 valence electrons. The van der Waals surface area contributed by atoms with E-state index in [-0.39, 0.29) is 17.5 Å². The van der Waals surface area contributed by atoms with Gasteiger partial charge in [0.25, 0.3) is 11.5 Å². The standard InChI is InChI=1S/C20H25N3O4S/c1-3-23(28(2,26)27)16-11-13-22(14-12-16)20(25)17-9-10-18(21-19(17)24)15-7-5-4-6-8-15/h4-10,16H,3,11-14H2,1-2H3,(H,21,24). The van der Waals surface area contributed by atoms with Crippen LogP contribution in [0.1, 0.15) is 30.1 Å². The summed E-state index contributed by atoms with van der Waals surface area (Å²) in [5.41, 5.74) is 1.22. The molecule has 1 aromatic carbocycles. The van der Waals surface area contributed by atoms with Gasteiger partial charge in [0.05, 0.1) is 6.26 Å². The number of amides is 1. The lowest BCUT2D eigenvalue weighted by Crippen LogP contribution is -2.49. The van der Waals surface area contributed by atoms with Crippen LogP contribution in [0.3, 0.4) is 0 Å². The summed E-state index contributed by atoms with van der Waals surface area (Å²) < 4.78 is 25.3. The van der Waals surface area contributed by atoms with Gasteiger partial charge in [-0.1, -0.05) is 37.3 Å². The van der Waals surface area contributed by atoms with Crippen molar-refractivity contribution in [1.82, 2.24) is 14.2 Å². The molecule has 1 aliphatic heterocycles. The van der Waals surface area contributed by atoms with Gasteiger partial charge in [0.2, 0.25) is 10.0 Å². The lowest BCUT2D eigenvalue weighted by molar-refractivity contribution is 0.0679. The lowest BCUT2D eigenvalue weighted by atomic mass is 10.0. The normalized spacial score (nSPS) is 15.8. The minimum atomic E-state index is -3.27. The van der Waals surface area contributed by atoms with E-state index in [4.69, 9.17) is 0 Å². The number of hydrogen-bond acceptors (Lipinski definition) is 4. The number of piperidine rings is 1. The Morgan fingerprint density at radius 3 is 2.32 bits per heavy atom. The summed E-state index contributed by atoms with van der Waals surface area (Å²) in [5.74, 6) is -0.318. The zero-order valence-corrected chi connectivity index (χ0v) is 16.9. The van der Waals surface area contributed by atoms with Gasteiger partial charge in [-0.15, -0.1) is 0 Å². The highest BCUT2D eigenvalue weighted by Gasteiger charge is 2.31. The summed E-state index contributed by atoms with van der Waals surface area (Å²) in [6.45, 7) is 3.08. The zero-order valence-electron chi connectivity index (χ0n) is 16.1. The van der Waals surface area contributed by atoms with Crippen molar-refractivity contribution < 1.29 is 13.2 Å². The number of pyridine rings is 1. The van der Waals surface area contributed by atoms with Gasteiger partial charge in [0.15, 0.2) is 0 Å². The SMILES string of the molecule is CCN(C1CCN(C(=O)c2ccc(-c3ccccc3)[nH]c2=O)CC1)S(C)(=O)=O. The molecule has 0 spiro atoms. The van der Waals surface area contributed by atoms with E-state index in [0.717, 1.165) is 5.56 Å². The topological polar surface area (TPSA) is 90.6 Å². The molecule has 0 unspecified atom stereocenters. The molecule has 0 radical (unpaired) electrons. The number of hydrogen-bond donors (Lipinski definition) is 1. The molecule has 1 aliphatic rings. The van der Waals surface area contributed by atoms with Crippen molar-refractivity contribution in [1.29, 1.82) is 0 Å². The third-order valence-corrected chi connectivity index (χ3v) is 6.53. The van der Waals surface area contributed by atoms with Crippen molar-refractivity contribution >= 4 is 15.9 Å². The Bertz CT molecular complexity index is 994. The third-order valence-electron chi connectivity index (χ3n) is 5.12. The maximum atomic E-state index is 12.8. The van der Waals surface area contributed by atoms with Crippen molar-refractivity contribution in [2.45, 2.75) is 25.8 Å². The van der Waals surface area contributed by atoms with E-state index in [2.05, 4.69) is 4.98 Å². The average molecular weight is 404 g/mol. The first-order valence-electron chi connectivity index (χ1n) is 9.36. The van der Waals surface area contributed by atoms with Crippen molar-refractivity contribution in [3.8, 4) is 11.3 Å². The summed E-state index contributed by atoms with van der Waals surface area (Å²) >= 11 is 0. The second-order valence-corrected chi connectivity index (χ2v) is 8.91. The summed E-state index contributed by atoms with van der Waals surface area (Å²) in [5, 5.41) is 0. The molecule has 2 heterocycles. The number of H-pyrrole nitrogens is 1. The number of benzene rings is 1. The van der Waals surface area contributed by atoms with Crippen LogP contribution in [0.25, 0.3) is 11.3 Å². The van der Waals surface area contributed by atoms with Gasteiger partial charge >= 0.3 is 0 Å². The average Bonchev–Trinajstić information content (AvgIpc) is 2.68. The molecule has 0 aliphatic carbocycles. The number of nitrogens with one attached hydrogen (secondary N) is 1. The Labute approximate surface area is 165 Å². The van der Waals surface area contributed by atoms with Crippen molar-refractivity contribution in [2.75, 3.05) is 25.9 Å². The quantitative estimate of drug-likeness (QED) is 0.826. The predicted molar refractivity (Wildman–Crippen MR) is 109 cm³/mol. The lowest BCUT2D eigenvalue weighted by Gasteiger charge is -2.36. The van der Waals surface area contributed by atoms with Gasteiger partial charge in [-0.2, -0.15) is 4.31 Å². The minimum Gasteiger partial charge on any atom is -0.338 e. The summed E-state index contributed by atoms with van der Waals surface area (Å²) in [7, 11) is -3.27. The molecule has 0 saturated carbocycles. The summed E-state index contributed by atoms with van der Waals surface area (Å²) in [4.78, 5) is 29.6. The molecular weight excluding hydrogens is 378 g/mol. The van der Waals surface area contributed by atoms with Crippen LogP contribution in [0.4, 0.5) is 0 Å². The maximum absolute atomic E-state index is 12.8. The van der Waals surface area contributed by atoms with Crippen LogP contribution in [0.5, 0.6) is 0 Å². The van der Waals surface area contributed by atoms with Crippen LogP contribution in [-0.4, -0.2) is 60.4 Å². The Hall–Kier alpha value is -2.45. The van der Waals surface area contributed by atoms with Crippen LogP contribution in [0, 0.1) is 0 Å². The minimum absolute atomic E-state index is 0.105. The third kappa shape index (κ3) is 4.34. The monoisotopic (exact) mass is 403 g/mol. The molecule has 0 bridgehead atoms. The molecule has 28 heavy (non-hydrogen) atoms. The van der Waals surface area contributed by atoms with Crippen LogP contribution in [-0.2, 0) is 10.0 Å². The van der Waals surface area contributed by atoms with Crippen LogP contribution < -0.4 is 5.56 Å². The first kappa shape index (κ1) is 20.3. The summed E-state index contributed by atoms with van der Waals surface area (Å²) in [6.07, 6.45) is 2.33. The Morgan fingerprint density at radius 2 is 1.79 bits per heavy atom. The van der Waals surface area contributed by atoms with E-state index >= 15 is 0 Å². The number of aromatic amines is 1. The molecule has 1 saturated heterocycles. The molecule has 8 heteroatoms. The Kier molecular flexibility index (Phi) is 6.00. The number of nitrogens with zero attached hydrogens (tertiary/aromatic N) is 2. The number of carbonyl (C=O) groups is 1. The van der Waals surface area contributed by atoms with E-state index < -0.39 is 15.6 Å². The summed E-state index contributed by atoms with van der Waals surface area (Å²) in [6, 6.07) is 12.6. The van der Waals surface area contributed by atoms with E-state index in [0.29, 0.717) is 38.2 Å². The first-order valence-corrected chi connectivity index (χ1v) is 11.2. The van der Waals surface area contributed by atoms with Crippen molar-refractivity contribution in [3.05, 3.63) is 58.4 Å². The van der Waals surface area contributed by atoms with Gasteiger partial charge in [-0.3, -0.25) is 9.59 Å². The number of sulfonamides is 1. The molecule has 1 aromatic heterocycles. The predicted octanol–water partition coefficient (Wildman–Crippen LogP) is 1.93.